The summed E-state index contributed by atoms with van der Waals surface area (Å²) in [5, 5.41) is 10.6. The van der Waals surface area contributed by atoms with Crippen LogP contribution in [-0.4, -0.2) is 36.6 Å². The molecule has 0 saturated carbocycles. The molecule has 1 aliphatic heterocycles. The molecule has 0 aliphatic carbocycles. The Morgan fingerprint density at radius 1 is 1.41 bits per heavy atom. The first kappa shape index (κ1) is 16.0. The van der Waals surface area contributed by atoms with Crippen LogP contribution in [0.5, 0.6) is 5.75 Å². The first-order valence-electron chi connectivity index (χ1n) is 6.27. The van der Waals surface area contributed by atoms with Crippen LogP contribution >= 0.6 is 0 Å². The standard InChI is InChI=1S/C11H15N5O5S/c1-7(2)15-10(12)13-22(19,20)14-11(15)21-9-5-3-8(4-6-9)16(17)18/h3-7,11,14H,1-2H3,(H2,12,13). The summed E-state index contributed by atoms with van der Waals surface area (Å²) in [7, 11) is -3.95. The van der Waals surface area contributed by atoms with E-state index < -0.39 is 21.5 Å². The normalized spacial score (nSPS) is 20.6. The molecule has 1 unspecified atom stereocenters. The summed E-state index contributed by atoms with van der Waals surface area (Å²) in [6, 6.07) is 5.06. The Morgan fingerprint density at radius 2 is 2.00 bits per heavy atom. The average Bonchev–Trinajstić information content (AvgIpc) is 2.36. The van der Waals surface area contributed by atoms with E-state index in [0.717, 1.165) is 0 Å². The largest absolute Gasteiger partial charge is 0.456 e. The van der Waals surface area contributed by atoms with E-state index in [2.05, 4.69) is 9.12 Å². The van der Waals surface area contributed by atoms with E-state index in [-0.39, 0.29) is 23.4 Å². The molecule has 3 N–H and O–H groups in total. The van der Waals surface area contributed by atoms with Gasteiger partial charge in [0.15, 0.2) is 0 Å². The maximum atomic E-state index is 11.6. The molecule has 0 amide bonds. The van der Waals surface area contributed by atoms with Crippen LogP contribution in [0.4, 0.5) is 5.69 Å². The molecule has 0 fully saturated rings. The summed E-state index contributed by atoms with van der Waals surface area (Å²) in [6.45, 7) is 3.57. The van der Waals surface area contributed by atoms with Crippen LogP contribution in [0, 0.1) is 10.1 Å². The maximum Gasteiger partial charge on any atom is 0.327 e. The minimum absolute atomic E-state index is 0.0987. The van der Waals surface area contributed by atoms with Gasteiger partial charge in [-0.05, 0) is 26.0 Å². The van der Waals surface area contributed by atoms with Gasteiger partial charge >= 0.3 is 10.2 Å². The molecule has 1 aromatic rings. The highest BCUT2D eigenvalue weighted by molar-refractivity contribution is 7.88. The average molecular weight is 329 g/mol. The summed E-state index contributed by atoms with van der Waals surface area (Å²) in [5.41, 5.74) is 5.55. The minimum Gasteiger partial charge on any atom is -0.456 e. The number of ether oxygens (including phenoxy) is 1. The van der Waals surface area contributed by atoms with Crippen LogP contribution in [0.25, 0.3) is 0 Å². The fourth-order valence-electron chi connectivity index (χ4n) is 1.89. The number of rotatable bonds is 4. The van der Waals surface area contributed by atoms with Crippen molar-refractivity contribution in [3.8, 4) is 5.75 Å². The second-order valence-electron chi connectivity index (χ2n) is 4.76. The van der Waals surface area contributed by atoms with Gasteiger partial charge in [0.1, 0.15) is 5.75 Å². The number of benzene rings is 1. The molecule has 0 aromatic heterocycles. The number of nitro benzene ring substituents is 1. The van der Waals surface area contributed by atoms with Crippen molar-refractivity contribution in [3.05, 3.63) is 34.4 Å². The van der Waals surface area contributed by atoms with Crippen molar-refractivity contribution in [3.63, 3.8) is 0 Å². The minimum atomic E-state index is -3.95. The summed E-state index contributed by atoms with van der Waals surface area (Å²) in [6.07, 6.45) is -1.09. The molecule has 120 valence electrons. The highest BCUT2D eigenvalue weighted by atomic mass is 32.2. The number of nitrogens with zero attached hydrogens (tertiary/aromatic N) is 3. The number of nitrogens with one attached hydrogen (secondary N) is 1. The monoisotopic (exact) mass is 329 g/mol. The lowest BCUT2D eigenvalue weighted by molar-refractivity contribution is -0.384. The Morgan fingerprint density at radius 3 is 2.50 bits per heavy atom. The van der Waals surface area contributed by atoms with Gasteiger partial charge in [0, 0.05) is 18.2 Å². The third kappa shape index (κ3) is 3.43. The van der Waals surface area contributed by atoms with Gasteiger partial charge in [0.05, 0.1) is 4.92 Å². The van der Waals surface area contributed by atoms with Gasteiger partial charge in [-0.2, -0.15) is 8.42 Å². The topological polar surface area (TPSA) is 140 Å². The van der Waals surface area contributed by atoms with Crippen molar-refractivity contribution >= 4 is 21.9 Å². The molecule has 1 heterocycles. The molecular weight excluding hydrogens is 314 g/mol. The molecule has 1 atom stereocenters. The third-order valence-corrected chi connectivity index (χ3v) is 3.76. The number of non-ortho nitro benzene ring substituents is 1. The first-order chi connectivity index (χ1) is 10.2. The summed E-state index contributed by atoms with van der Waals surface area (Å²) in [5.74, 6) is 0.0549. The van der Waals surface area contributed by atoms with E-state index in [1.54, 1.807) is 13.8 Å². The molecule has 0 radical (unpaired) electrons. The van der Waals surface area contributed by atoms with Gasteiger partial charge in [-0.3, -0.25) is 15.0 Å². The summed E-state index contributed by atoms with van der Waals surface area (Å²) in [4.78, 5) is 11.5. The Hall–Kier alpha value is -2.40. The van der Waals surface area contributed by atoms with Crippen LogP contribution in [0.2, 0.25) is 0 Å². The van der Waals surface area contributed by atoms with Gasteiger partial charge in [-0.1, -0.05) is 0 Å². The van der Waals surface area contributed by atoms with Crippen LogP contribution < -0.4 is 15.2 Å². The second kappa shape index (κ2) is 5.77. The second-order valence-corrected chi connectivity index (χ2v) is 6.13. The van der Waals surface area contributed by atoms with Crippen molar-refractivity contribution in [2.24, 2.45) is 10.1 Å². The fourth-order valence-corrected chi connectivity index (χ4v) is 2.70. The summed E-state index contributed by atoms with van der Waals surface area (Å²) < 4.78 is 34.3. The molecule has 0 bridgehead atoms. The predicted molar refractivity (Wildman–Crippen MR) is 78.2 cm³/mol. The van der Waals surface area contributed by atoms with Crippen LogP contribution in [0.1, 0.15) is 13.8 Å². The quantitative estimate of drug-likeness (QED) is 0.591. The Balaban J connectivity index is 2.26. The molecule has 11 heteroatoms. The zero-order valence-corrected chi connectivity index (χ0v) is 12.6. The highest BCUT2D eigenvalue weighted by Crippen LogP contribution is 2.20. The van der Waals surface area contributed by atoms with E-state index >= 15 is 0 Å². The summed E-state index contributed by atoms with van der Waals surface area (Å²) >= 11 is 0. The number of nitro groups is 1. The smallest absolute Gasteiger partial charge is 0.327 e. The lowest BCUT2D eigenvalue weighted by atomic mass is 10.3. The van der Waals surface area contributed by atoms with Crippen molar-refractivity contribution in [1.29, 1.82) is 0 Å². The lowest BCUT2D eigenvalue weighted by Crippen LogP contribution is -2.61. The maximum absolute atomic E-state index is 11.6. The fraction of sp³-hybridized carbons (Fsp3) is 0.364. The van der Waals surface area contributed by atoms with Gasteiger partial charge in [0.2, 0.25) is 12.3 Å². The van der Waals surface area contributed by atoms with Crippen molar-refractivity contribution < 1.29 is 18.1 Å². The van der Waals surface area contributed by atoms with E-state index in [0.29, 0.717) is 0 Å². The Bertz CT molecular complexity index is 700. The van der Waals surface area contributed by atoms with E-state index in [1.807, 2.05) is 0 Å². The van der Waals surface area contributed by atoms with Crippen molar-refractivity contribution in [2.45, 2.75) is 26.2 Å². The first-order valence-corrected chi connectivity index (χ1v) is 7.71. The van der Waals surface area contributed by atoms with Crippen molar-refractivity contribution in [2.75, 3.05) is 0 Å². The Kier molecular flexibility index (Phi) is 4.19. The highest BCUT2D eigenvalue weighted by Gasteiger charge is 2.34. The number of hydrogen-bond acceptors (Lipinski definition) is 7. The SMILES string of the molecule is CC(C)N1C(N)=NS(=O)(=O)NC1Oc1ccc([N+](=O)[O-])cc1. The molecule has 1 aromatic carbocycles. The third-order valence-electron chi connectivity index (χ3n) is 2.83. The molecule has 22 heavy (non-hydrogen) atoms. The number of nitrogens with two attached hydrogens (primary N) is 1. The van der Waals surface area contributed by atoms with Crippen LogP contribution in [0.15, 0.2) is 28.7 Å². The predicted octanol–water partition coefficient (Wildman–Crippen LogP) is 0.130. The van der Waals surface area contributed by atoms with Gasteiger partial charge < -0.3 is 10.5 Å². The lowest BCUT2D eigenvalue weighted by Gasteiger charge is -2.37. The zero-order valence-electron chi connectivity index (χ0n) is 11.8. The molecule has 0 saturated heterocycles. The van der Waals surface area contributed by atoms with E-state index in [1.165, 1.54) is 29.2 Å². The molecule has 10 nitrogen and oxygen atoms in total. The number of guanidine groups is 1. The van der Waals surface area contributed by atoms with Gasteiger partial charge in [-0.25, -0.2) is 0 Å². The van der Waals surface area contributed by atoms with Crippen LogP contribution in [0.3, 0.4) is 0 Å². The van der Waals surface area contributed by atoms with E-state index in [9.17, 15) is 18.5 Å². The molecule has 2 rings (SSSR count). The molecule has 1 aliphatic rings. The van der Waals surface area contributed by atoms with Crippen molar-refractivity contribution in [1.82, 2.24) is 9.62 Å². The number of hydrogen-bond donors (Lipinski definition) is 2. The van der Waals surface area contributed by atoms with Gasteiger partial charge in [-0.15, -0.1) is 9.12 Å². The van der Waals surface area contributed by atoms with E-state index in [4.69, 9.17) is 10.5 Å². The Labute approximate surface area is 126 Å². The van der Waals surface area contributed by atoms with Gasteiger partial charge in [0.25, 0.3) is 5.69 Å². The molecule has 0 spiro atoms. The van der Waals surface area contributed by atoms with Crippen LogP contribution in [-0.2, 0) is 10.2 Å². The molecular formula is C11H15N5O5S. The zero-order chi connectivity index (χ0) is 16.5.